The Bertz CT molecular complexity index is 240. The first-order valence-corrected chi connectivity index (χ1v) is 7.28. The normalized spacial score (nSPS) is 28.9. The number of hydrogen-bond acceptors (Lipinski definition) is 3. The van der Waals surface area contributed by atoms with Gasteiger partial charge in [0.25, 0.3) is 0 Å². The summed E-state index contributed by atoms with van der Waals surface area (Å²) in [5.41, 5.74) is 6.47. The van der Waals surface area contributed by atoms with Gasteiger partial charge >= 0.3 is 0 Å². The Balaban J connectivity index is 1.75. The predicted molar refractivity (Wildman–Crippen MR) is 73.1 cm³/mol. The van der Waals surface area contributed by atoms with E-state index in [1.807, 2.05) is 0 Å². The Morgan fingerprint density at radius 2 is 1.82 bits per heavy atom. The van der Waals surface area contributed by atoms with Gasteiger partial charge in [0.1, 0.15) is 0 Å². The molecule has 100 valence electrons. The first-order chi connectivity index (χ1) is 8.03. The molecule has 3 heteroatoms. The molecule has 0 radical (unpaired) electrons. The fourth-order valence-electron chi connectivity index (χ4n) is 2.97. The van der Waals surface area contributed by atoms with Crippen LogP contribution in [0.25, 0.3) is 0 Å². The molecule has 1 aliphatic heterocycles. The van der Waals surface area contributed by atoms with Crippen molar-refractivity contribution in [2.45, 2.75) is 51.6 Å². The minimum absolute atomic E-state index is 0.0541. The molecule has 1 heterocycles. The maximum absolute atomic E-state index is 6.42. The molecule has 2 atom stereocenters. The molecule has 0 amide bonds. The molecule has 2 fully saturated rings. The highest BCUT2D eigenvalue weighted by molar-refractivity contribution is 4.97. The van der Waals surface area contributed by atoms with E-state index in [0.29, 0.717) is 0 Å². The maximum Gasteiger partial charge on any atom is 0.0283 e. The number of piperazine rings is 1. The van der Waals surface area contributed by atoms with E-state index in [1.165, 1.54) is 45.4 Å². The summed E-state index contributed by atoms with van der Waals surface area (Å²) in [6.45, 7) is 12.8. The van der Waals surface area contributed by atoms with Gasteiger partial charge < -0.3 is 5.73 Å². The molecule has 2 aliphatic rings. The van der Waals surface area contributed by atoms with Gasteiger partial charge in [0.2, 0.25) is 0 Å². The van der Waals surface area contributed by atoms with Gasteiger partial charge in [0, 0.05) is 44.3 Å². The molecular formula is C14H29N3. The lowest BCUT2D eigenvalue weighted by molar-refractivity contribution is 0.0837. The minimum Gasteiger partial charge on any atom is -0.324 e. The summed E-state index contributed by atoms with van der Waals surface area (Å²) in [4.78, 5) is 5.18. The zero-order valence-electron chi connectivity index (χ0n) is 11.8. The highest BCUT2D eigenvalue weighted by Gasteiger charge is 2.39. The number of nitrogens with two attached hydrogens (primary N) is 1. The molecule has 2 N–H and O–H groups in total. The maximum atomic E-state index is 6.42. The Labute approximate surface area is 106 Å². The van der Waals surface area contributed by atoms with Gasteiger partial charge in [0.15, 0.2) is 0 Å². The monoisotopic (exact) mass is 239 g/mol. The van der Waals surface area contributed by atoms with Crippen molar-refractivity contribution in [2.24, 2.45) is 11.7 Å². The van der Waals surface area contributed by atoms with E-state index in [2.05, 4.69) is 30.6 Å². The molecule has 0 spiro atoms. The van der Waals surface area contributed by atoms with Crippen LogP contribution in [-0.4, -0.2) is 54.1 Å². The lowest BCUT2D eigenvalue weighted by Crippen LogP contribution is -2.56. The summed E-state index contributed by atoms with van der Waals surface area (Å²) in [7, 11) is 0. The van der Waals surface area contributed by atoms with Crippen LogP contribution >= 0.6 is 0 Å². The van der Waals surface area contributed by atoms with Gasteiger partial charge in [-0.2, -0.15) is 0 Å². The van der Waals surface area contributed by atoms with Crippen LogP contribution in [0, 0.1) is 5.92 Å². The average molecular weight is 239 g/mol. The highest BCUT2D eigenvalue weighted by atomic mass is 15.3. The molecule has 17 heavy (non-hydrogen) atoms. The summed E-state index contributed by atoms with van der Waals surface area (Å²) in [6, 6.07) is 0.741. The first-order valence-electron chi connectivity index (χ1n) is 7.28. The molecule has 1 saturated carbocycles. The van der Waals surface area contributed by atoms with E-state index in [-0.39, 0.29) is 5.54 Å². The van der Waals surface area contributed by atoms with E-state index < -0.39 is 0 Å². The zero-order valence-corrected chi connectivity index (χ0v) is 11.8. The third kappa shape index (κ3) is 3.43. The van der Waals surface area contributed by atoms with E-state index in [9.17, 15) is 0 Å². The third-order valence-corrected chi connectivity index (χ3v) is 4.70. The van der Waals surface area contributed by atoms with E-state index in [4.69, 9.17) is 5.73 Å². The lowest BCUT2D eigenvalue weighted by atomic mass is 9.96. The zero-order chi connectivity index (χ0) is 12.5. The van der Waals surface area contributed by atoms with Crippen LogP contribution in [0.2, 0.25) is 0 Å². The van der Waals surface area contributed by atoms with Crippen LogP contribution < -0.4 is 5.73 Å². The summed E-state index contributed by atoms with van der Waals surface area (Å²) >= 11 is 0. The van der Waals surface area contributed by atoms with E-state index >= 15 is 0 Å². The summed E-state index contributed by atoms with van der Waals surface area (Å²) in [5, 5.41) is 0. The molecular weight excluding hydrogens is 210 g/mol. The van der Waals surface area contributed by atoms with Crippen molar-refractivity contribution < 1.29 is 0 Å². The van der Waals surface area contributed by atoms with Crippen LogP contribution in [0.3, 0.4) is 0 Å². The smallest absolute Gasteiger partial charge is 0.0283 e. The van der Waals surface area contributed by atoms with Gasteiger partial charge in [-0.25, -0.2) is 0 Å². The van der Waals surface area contributed by atoms with Crippen LogP contribution in [0.15, 0.2) is 0 Å². The second-order valence-corrected chi connectivity index (χ2v) is 6.35. The van der Waals surface area contributed by atoms with E-state index in [1.54, 1.807) is 0 Å². The Kier molecular flexibility index (Phi) is 4.11. The fraction of sp³-hybridized carbons (Fsp3) is 1.00. The second kappa shape index (κ2) is 5.25. The standard InChI is InChI=1S/C14H29N3/c1-4-12(2)17-9-7-16(8-10-17)11-14(3,15)13-5-6-13/h12-13H,4-11,15H2,1-3H3. The SMILES string of the molecule is CCC(C)N1CCN(CC(C)(N)C2CC2)CC1. The van der Waals surface area contributed by atoms with Crippen LogP contribution in [0.1, 0.15) is 40.0 Å². The van der Waals surface area contributed by atoms with Crippen molar-refractivity contribution >= 4 is 0 Å². The van der Waals surface area contributed by atoms with Crippen LogP contribution in [0.5, 0.6) is 0 Å². The van der Waals surface area contributed by atoms with Crippen molar-refractivity contribution in [1.82, 2.24) is 9.80 Å². The largest absolute Gasteiger partial charge is 0.324 e. The molecule has 2 unspecified atom stereocenters. The molecule has 1 aliphatic carbocycles. The lowest BCUT2D eigenvalue weighted by Gasteiger charge is -2.41. The summed E-state index contributed by atoms with van der Waals surface area (Å²) in [5.74, 6) is 0.787. The topological polar surface area (TPSA) is 32.5 Å². The number of rotatable bonds is 5. The van der Waals surface area contributed by atoms with Gasteiger partial charge in [-0.05, 0) is 39.0 Å². The Morgan fingerprint density at radius 1 is 1.24 bits per heavy atom. The van der Waals surface area contributed by atoms with Gasteiger partial charge in [-0.3, -0.25) is 9.80 Å². The van der Waals surface area contributed by atoms with Crippen molar-refractivity contribution in [1.29, 1.82) is 0 Å². The van der Waals surface area contributed by atoms with Gasteiger partial charge in [-0.1, -0.05) is 6.92 Å². The van der Waals surface area contributed by atoms with Gasteiger partial charge in [-0.15, -0.1) is 0 Å². The average Bonchev–Trinajstić information content (AvgIpc) is 3.12. The molecule has 0 aromatic heterocycles. The van der Waals surface area contributed by atoms with E-state index in [0.717, 1.165) is 18.5 Å². The fourth-order valence-corrected chi connectivity index (χ4v) is 2.97. The van der Waals surface area contributed by atoms with Crippen molar-refractivity contribution in [3.8, 4) is 0 Å². The predicted octanol–water partition coefficient (Wildman–Crippen LogP) is 1.53. The summed E-state index contributed by atoms with van der Waals surface area (Å²) in [6.07, 6.45) is 3.95. The van der Waals surface area contributed by atoms with Gasteiger partial charge in [0.05, 0.1) is 0 Å². The van der Waals surface area contributed by atoms with Crippen LogP contribution in [0.4, 0.5) is 0 Å². The Morgan fingerprint density at radius 3 is 2.29 bits per heavy atom. The molecule has 0 aromatic carbocycles. The van der Waals surface area contributed by atoms with Crippen molar-refractivity contribution in [2.75, 3.05) is 32.7 Å². The minimum atomic E-state index is 0.0541. The molecule has 0 bridgehead atoms. The third-order valence-electron chi connectivity index (χ3n) is 4.70. The van der Waals surface area contributed by atoms with Crippen LogP contribution in [-0.2, 0) is 0 Å². The number of nitrogens with zero attached hydrogens (tertiary/aromatic N) is 2. The second-order valence-electron chi connectivity index (χ2n) is 6.35. The number of hydrogen-bond donors (Lipinski definition) is 1. The molecule has 1 saturated heterocycles. The quantitative estimate of drug-likeness (QED) is 0.790. The van der Waals surface area contributed by atoms with Crippen molar-refractivity contribution in [3.05, 3.63) is 0 Å². The van der Waals surface area contributed by atoms with Crippen molar-refractivity contribution in [3.63, 3.8) is 0 Å². The molecule has 3 nitrogen and oxygen atoms in total. The first kappa shape index (κ1) is 13.3. The highest BCUT2D eigenvalue weighted by Crippen LogP contribution is 2.38. The molecule has 0 aromatic rings. The summed E-state index contributed by atoms with van der Waals surface area (Å²) < 4.78 is 0. The molecule has 2 rings (SSSR count). The Hall–Kier alpha value is -0.120.